The molecule has 0 aliphatic heterocycles. The van der Waals surface area contributed by atoms with E-state index in [9.17, 15) is 0 Å². The van der Waals surface area contributed by atoms with E-state index in [1.165, 1.54) is 0 Å². The SMILES string of the molecule is CCC(C(=N)c1ccc(C#N)c(Cl)c1C)c1ccccc1. The van der Waals surface area contributed by atoms with Crippen LogP contribution >= 0.6 is 11.6 Å². The molecule has 0 aromatic heterocycles. The maximum atomic E-state index is 9.02. The van der Waals surface area contributed by atoms with E-state index in [1.807, 2.05) is 43.3 Å². The van der Waals surface area contributed by atoms with E-state index in [-0.39, 0.29) is 5.92 Å². The van der Waals surface area contributed by atoms with Gasteiger partial charge in [0.2, 0.25) is 0 Å². The molecular formula is C18H17ClN2. The minimum atomic E-state index is 0.0360. The second kappa shape index (κ2) is 6.56. The normalized spacial score (nSPS) is 11.7. The molecule has 106 valence electrons. The standard InChI is InChI=1S/C18H17ClN2/c1-3-15(13-7-5-4-6-8-13)18(21)16-10-9-14(11-20)17(19)12(16)2/h4-10,15,21H,3H2,1-2H3. The third-order valence-corrected chi connectivity index (χ3v) is 4.24. The molecule has 0 amide bonds. The van der Waals surface area contributed by atoms with Crippen LogP contribution in [0.2, 0.25) is 5.02 Å². The molecule has 21 heavy (non-hydrogen) atoms. The van der Waals surface area contributed by atoms with Crippen molar-refractivity contribution in [1.29, 1.82) is 10.7 Å². The molecule has 1 atom stereocenters. The van der Waals surface area contributed by atoms with Crippen molar-refractivity contribution < 1.29 is 0 Å². The lowest BCUT2D eigenvalue weighted by atomic mass is 9.86. The number of hydrogen-bond acceptors (Lipinski definition) is 2. The van der Waals surface area contributed by atoms with Crippen LogP contribution in [0.3, 0.4) is 0 Å². The molecule has 2 nitrogen and oxygen atoms in total. The Morgan fingerprint density at radius 3 is 2.48 bits per heavy atom. The highest BCUT2D eigenvalue weighted by Crippen LogP contribution is 2.29. The molecule has 2 rings (SSSR count). The molecule has 1 N–H and O–H groups in total. The van der Waals surface area contributed by atoms with Crippen molar-refractivity contribution in [1.82, 2.24) is 0 Å². The average Bonchev–Trinajstić information content (AvgIpc) is 2.51. The molecule has 0 aliphatic rings. The lowest BCUT2D eigenvalue weighted by molar-refractivity contribution is 0.838. The van der Waals surface area contributed by atoms with Gasteiger partial charge in [-0.05, 0) is 30.5 Å². The van der Waals surface area contributed by atoms with Gasteiger partial charge < -0.3 is 5.41 Å². The van der Waals surface area contributed by atoms with Crippen LogP contribution in [0.25, 0.3) is 0 Å². The molecule has 0 saturated heterocycles. The van der Waals surface area contributed by atoms with Gasteiger partial charge in [0.1, 0.15) is 6.07 Å². The fraction of sp³-hybridized carbons (Fsp3) is 0.222. The van der Waals surface area contributed by atoms with Crippen LogP contribution < -0.4 is 0 Å². The van der Waals surface area contributed by atoms with Gasteiger partial charge in [0.15, 0.2) is 0 Å². The zero-order valence-electron chi connectivity index (χ0n) is 12.2. The van der Waals surface area contributed by atoms with Crippen molar-refractivity contribution in [2.75, 3.05) is 0 Å². The van der Waals surface area contributed by atoms with Crippen molar-refractivity contribution in [3.05, 3.63) is 69.7 Å². The largest absolute Gasteiger partial charge is 0.304 e. The summed E-state index contributed by atoms with van der Waals surface area (Å²) in [6.07, 6.45) is 0.847. The maximum absolute atomic E-state index is 9.02. The molecular weight excluding hydrogens is 280 g/mol. The maximum Gasteiger partial charge on any atom is 0.101 e. The van der Waals surface area contributed by atoms with Crippen LogP contribution in [-0.2, 0) is 0 Å². The Morgan fingerprint density at radius 2 is 1.90 bits per heavy atom. The van der Waals surface area contributed by atoms with Crippen molar-refractivity contribution in [2.45, 2.75) is 26.2 Å². The molecule has 0 heterocycles. The summed E-state index contributed by atoms with van der Waals surface area (Å²) in [5.74, 6) is 0.0360. The van der Waals surface area contributed by atoms with E-state index in [1.54, 1.807) is 6.07 Å². The Kier molecular flexibility index (Phi) is 4.77. The van der Waals surface area contributed by atoms with Crippen molar-refractivity contribution in [3.63, 3.8) is 0 Å². The molecule has 3 heteroatoms. The Morgan fingerprint density at radius 1 is 1.24 bits per heavy atom. The minimum absolute atomic E-state index is 0.0360. The molecule has 2 aromatic rings. The first-order chi connectivity index (χ1) is 10.1. The van der Waals surface area contributed by atoms with Gasteiger partial charge in [-0.2, -0.15) is 5.26 Å². The number of rotatable bonds is 4. The molecule has 0 spiro atoms. The van der Waals surface area contributed by atoms with Gasteiger partial charge in [-0.1, -0.05) is 54.9 Å². The first-order valence-electron chi connectivity index (χ1n) is 6.93. The first kappa shape index (κ1) is 15.3. The van der Waals surface area contributed by atoms with Crippen LogP contribution in [0.5, 0.6) is 0 Å². The summed E-state index contributed by atoms with van der Waals surface area (Å²) in [5.41, 5.74) is 3.75. The molecule has 0 fully saturated rings. The summed E-state index contributed by atoms with van der Waals surface area (Å²) in [6, 6.07) is 15.6. The number of nitrogens with zero attached hydrogens (tertiary/aromatic N) is 1. The second-order valence-corrected chi connectivity index (χ2v) is 5.37. The van der Waals surface area contributed by atoms with E-state index < -0.39 is 0 Å². The molecule has 1 unspecified atom stereocenters. The van der Waals surface area contributed by atoms with Gasteiger partial charge in [0.05, 0.1) is 10.6 Å². The summed E-state index contributed by atoms with van der Waals surface area (Å²) in [6.45, 7) is 3.94. The molecule has 2 aromatic carbocycles. The molecule has 0 bridgehead atoms. The highest BCUT2D eigenvalue weighted by atomic mass is 35.5. The summed E-state index contributed by atoms with van der Waals surface area (Å²) < 4.78 is 0. The third kappa shape index (κ3) is 2.99. The van der Waals surface area contributed by atoms with Gasteiger partial charge in [-0.25, -0.2) is 0 Å². The van der Waals surface area contributed by atoms with Crippen molar-refractivity contribution in [2.24, 2.45) is 0 Å². The lowest BCUT2D eigenvalue weighted by Gasteiger charge is -2.19. The quantitative estimate of drug-likeness (QED) is 0.786. The zero-order valence-corrected chi connectivity index (χ0v) is 12.9. The van der Waals surface area contributed by atoms with E-state index in [2.05, 4.69) is 13.0 Å². The Balaban J connectivity index is 2.45. The van der Waals surface area contributed by atoms with Crippen LogP contribution in [0.4, 0.5) is 0 Å². The summed E-state index contributed by atoms with van der Waals surface area (Å²) in [5, 5.41) is 18.0. The van der Waals surface area contributed by atoms with E-state index >= 15 is 0 Å². The predicted octanol–water partition coefficient (Wildman–Crippen LogP) is 5.08. The van der Waals surface area contributed by atoms with E-state index in [0.29, 0.717) is 16.3 Å². The predicted molar refractivity (Wildman–Crippen MR) is 87.2 cm³/mol. The average molecular weight is 297 g/mol. The summed E-state index contributed by atoms with van der Waals surface area (Å²) in [4.78, 5) is 0. The summed E-state index contributed by atoms with van der Waals surface area (Å²) >= 11 is 6.22. The molecule has 0 aliphatic carbocycles. The summed E-state index contributed by atoms with van der Waals surface area (Å²) in [7, 11) is 0. The Hall–Kier alpha value is -2.11. The topological polar surface area (TPSA) is 47.6 Å². The fourth-order valence-corrected chi connectivity index (χ4v) is 2.75. The highest BCUT2D eigenvalue weighted by Gasteiger charge is 2.19. The number of nitriles is 1. The second-order valence-electron chi connectivity index (χ2n) is 5.00. The van der Waals surface area contributed by atoms with Gasteiger partial charge in [-0.15, -0.1) is 0 Å². The van der Waals surface area contributed by atoms with E-state index in [0.717, 1.165) is 23.1 Å². The Labute approximate surface area is 130 Å². The zero-order chi connectivity index (χ0) is 15.4. The third-order valence-electron chi connectivity index (χ3n) is 3.76. The van der Waals surface area contributed by atoms with Gasteiger partial charge in [0, 0.05) is 17.2 Å². The number of halogens is 1. The van der Waals surface area contributed by atoms with Gasteiger partial charge in [-0.3, -0.25) is 0 Å². The smallest absolute Gasteiger partial charge is 0.101 e. The number of hydrogen-bond donors (Lipinski definition) is 1. The van der Waals surface area contributed by atoms with Crippen molar-refractivity contribution in [3.8, 4) is 6.07 Å². The van der Waals surface area contributed by atoms with E-state index in [4.69, 9.17) is 22.3 Å². The van der Waals surface area contributed by atoms with Crippen LogP contribution in [-0.4, -0.2) is 5.71 Å². The van der Waals surface area contributed by atoms with Gasteiger partial charge in [0.25, 0.3) is 0 Å². The van der Waals surface area contributed by atoms with Crippen LogP contribution in [0.1, 0.15) is 41.5 Å². The Bertz CT molecular complexity index is 699. The van der Waals surface area contributed by atoms with Crippen LogP contribution in [0.15, 0.2) is 42.5 Å². The number of nitrogens with one attached hydrogen (secondary N) is 1. The monoisotopic (exact) mass is 296 g/mol. The van der Waals surface area contributed by atoms with Crippen LogP contribution in [0, 0.1) is 23.7 Å². The molecule has 0 saturated carbocycles. The minimum Gasteiger partial charge on any atom is -0.304 e. The molecule has 0 radical (unpaired) electrons. The van der Waals surface area contributed by atoms with Gasteiger partial charge >= 0.3 is 0 Å². The van der Waals surface area contributed by atoms with Crippen molar-refractivity contribution >= 4 is 17.3 Å². The highest BCUT2D eigenvalue weighted by molar-refractivity contribution is 6.33. The number of benzene rings is 2. The lowest BCUT2D eigenvalue weighted by Crippen LogP contribution is -2.14. The fourth-order valence-electron chi connectivity index (χ4n) is 2.54. The first-order valence-corrected chi connectivity index (χ1v) is 7.30.